The van der Waals surface area contributed by atoms with Gasteiger partial charge in [0.25, 0.3) is 15.9 Å². The molecule has 1 amide bonds. The van der Waals surface area contributed by atoms with E-state index < -0.39 is 31.8 Å². The maximum atomic E-state index is 13.0. The summed E-state index contributed by atoms with van der Waals surface area (Å²) in [5, 5.41) is 2.79. The summed E-state index contributed by atoms with van der Waals surface area (Å²) >= 11 is 0. The minimum absolute atomic E-state index is 0.0516. The van der Waals surface area contributed by atoms with Crippen LogP contribution in [0.2, 0.25) is 0 Å². The van der Waals surface area contributed by atoms with Gasteiger partial charge in [0.15, 0.2) is 0 Å². The number of amides is 1. The standard InChI is InChI=1S/C19H22FN3O5S2/c1-29(25,26)23-12-2-3-17(13-23)21-19(24)14-4-10-18(11-5-14)30(27,28)22-16-8-6-15(20)7-9-16/h4-11,17,22H,2-3,12-13H2,1H3,(H,21,24). The summed E-state index contributed by atoms with van der Waals surface area (Å²) < 4.78 is 64.9. The summed E-state index contributed by atoms with van der Waals surface area (Å²) in [6.45, 7) is 0.636. The Morgan fingerprint density at radius 3 is 2.27 bits per heavy atom. The lowest BCUT2D eigenvalue weighted by Crippen LogP contribution is -2.49. The Balaban J connectivity index is 1.66. The second kappa shape index (κ2) is 8.70. The van der Waals surface area contributed by atoms with Crippen molar-refractivity contribution in [3.05, 3.63) is 59.9 Å². The molecule has 0 aromatic heterocycles. The highest BCUT2D eigenvalue weighted by atomic mass is 32.2. The first kappa shape index (κ1) is 22.2. The van der Waals surface area contributed by atoms with Crippen LogP contribution >= 0.6 is 0 Å². The third kappa shape index (κ3) is 5.55. The lowest BCUT2D eigenvalue weighted by Gasteiger charge is -2.31. The van der Waals surface area contributed by atoms with E-state index in [4.69, 9.17) is 0 Å². The Hall–Kier alpha value is -2.50. The SMILES string of the molecule is CS(=O)(=O)N1CCCC(NC(=O)c2ccc(S(=O)(=O)Nc3ccc(F)cc3)cc2)C1. The van der Waals surface area contributed by atoms with Gasteiger partial charge >= 0.3 is 0 Å². The van der Waals surface area contributed by atoms with Crippen molar-refractivity contribution in [1.29, 1.82) is 0 Å². The molecule has 8 nitrogen and oxygen atoms in total. The van der Waals surface area contributed by atoms with Crippen LogP contribution in [0.3, 0.4) is 0 Å². The van der Waals surface area contributed by atoms with Gasteiger partial charge in [0.2, 0.25) is 10.0 Å². The minimum Gasteiger partial charge on any atom is -0.348 e. The summed E-state index contributed by atoms with van der Waals surface area (Å²) in [6.07, 6.45) is 2.44. The van der Waals surface area contributed by atoms with Crippen LogP contribution in [0, 0.1) is 5.82 Å². The second-order valence-corrected chi connectivity index (χ2v) is 10.7. The van der Waals surface area contributed by atoms with Gasteiger partial charge in [-0.05, 0) is 61.4 Å². The fraction of sp³-hybridized carbons (Fsp3) is 0.316. The summed E-state index contributed by atoms with van der Waals surface area (Å²) in [6, 6.07) is 9.93. The summed E-state index contributed by atoms with van der Waals surface area (Å²) in [5.41, 5.74) is 0.471. The van der Waals surface area contributed by atoms with Gasteiger partial charge in [-0.1, -0.05) is 0 Å². The van der Waals surface area contributed by atoms with E-state index in [1.807, 2.05) is 0 Å². The predicted octanol–water partition coefficient (Wildman–Crippen LogP) is 1.78. The number of carbonyl (C=O) groups is 1. The van der Waals surface area contributed by atoms with E-state index in [9.17, 15) is 26.0 Å². The van der Waals surface area contributed by atoms with Crippen LogP contribution in [0.1, 0.15) is 23.2 Å². The molecule has 0 saturated carbocycles. The Morgan fingerprint density at radius 2 is 1.67 bits per heavy atom. The van der Waals surface area contributed by atoms with Crippen LogP contribution < -0.4 is 10.0 Å². The lowest BCUT2D eigenvalue weighted by atomic mass is 10.1. The molecule has 0 spiro atoms. The molecule has 0 bridgehead atoms. The van der Waals surface area contributed by atoms with Gasteiger partial charge in [0, 0.05) is 30.4 Å². The van der Waals surface area contributed by atoms with Crippen LogP contribution in [0.5, 0.6) is 0 Å². The maximum Gasteiger partial charge on any atom is 0.261 e. The Kier molecular flexibility index (Phi) is 6.44. The third-order valence-electron chi connectivity index (χ3n) is 4.71. The Labute approximate surface area is 175 Å². The first-order chi connectivity index (χ1) is 14.0. The molecule has 1 saturated heterocycles. The zero-order valence-electron chi connectivity index (χ0n) is 16.2. The van der Waals surface area contributed by atoms with Gasteiger partial charge in [0.05, 0.1) is 11.2 Å². The van der Waals surface area contributed by atoms with Crippen molar-refractivity contribution in [2.75, 3.05) is 24.1 Å². The van der Waals surface area contributed by atoms with E-state index in [0.717, 1.165) is 18.4 Å². The normalized spacial score (nSPS) is 18.0. The van der Waals surface area contributed by atoms with Crippen LogP contribution in [-0.2, 0) is 20.0 Å². The van der Waals surface area contributed by atoms with Crippen molar-refractivity contribution >= 4 is 31.6 Å². The maximum absolute atomic E-state index is 13.0. The Morgan fingerprint density at radius 1 is 1.03 bits per heavy atom. The quantitative estimate of drug-likeness (QED) is 0.690. The molecule has 3 rings (SSSR count). The van der Waals surface area contributed by atoms with Crippen LogP contribution in [0.4, 0.5) is 10.1 Å². The summed E-state index contributed by atoms with van der Waals surface area (Å²) in [5.74, 6) is -0.892. The molecule has 1 fully saturated rings. The zero-order valence-corrected chi connectivity index (χ0v) is 17.8. The number of carbonyl (C=O) groups excluding carboxylic acids is 1. The number of benzene rings is 2. The van der Waals surface area contributed by atoms with Crippen LogP contribution in [0.25, 0.3) is 0 Å². The van der Waals surface area contributed by atoms with Crippen LogP contribution in [-0.4, -0.2) is 52.4 Å². The van der Waals surface area contributed by atoms with Gasteiger partial charge in [-0.25, -0.2) is 25.5 Å². The molecule has 1 heterocycles. The minimum atomic E-state index is -3.90. The van der Waals surface area contributed by atoms with E-state index >= 15 is 0 Å². The van der Waals surface area contributed by atoms with E-state index in [-0.39, 0.29) is 28.7 Å². The van der Waals surface area contributed by atoms with Crippen LogP contribution in [0.15, 0.2) is 53.4 Å². The molecule has 1 atom stereocenters. The number of rotatable bonds is 6. The monoisotopic (exact) mass is 455 g/mol. The fourth-order valence-corrected chi connectivity index (χ4v) is 5.12. The predicted molar refractivity (Wildman–Crippen MR) is 111 cm³/mol. The first-order valence-corrected chi connectivity index (χ1v) is 12.5. The van der Waals surface area contributed by atoms with Crippen molar-refractivity contribution in [2.45, 2.75) is 23.8 Å². The third-order valence-corrected chi connectivity index (χ3v) is 7.38. The number of anilines is 1. The molecule has 1 unspecified atom stereocenters. The van der Waals surface area contributed by atoms with E-state index in [1.165, 1.54) is 40.7 Å². The first-order valence-electron chi connectivity index (χ1n) is 9.19. The number of hydrogen-bond acceptors (Lipinski definition) is 5. The van der Waals surface area contributed by atoms with Crippen molar-refractivity contribution in [3.8, 4) is 0 Å². The average Bonchev–Trinajstić information content (AvgIpc) is 2.69. The number of hydrogen-bond donors (Lipinski definition) is 2. The molecular formula is C19H22FN3O5S2. The van der Waals surface area contributed by atoms with Crippen molar-refractivity contribution in [1.82, 2.24) is 9.62 Å². The van der Waals surface area contributed by atoms with Gasteiger partial charge in [-0.2, -0.15) is 0 Å². The summed E-state index contributed by atoms with van der Waals surface area (Å²) in [7, 11) is -7.22. The van der Waals surface area contributed by atoms with Gasteiger partial charge in [0.1, 0.15) is 5.82 Å². The molecule has 162 valence electrons. The topological polar surface area (TPSA) is 113 Å². The van der Waals surface area contributed by atoms with Crippen molar-refractivity contribution < 1.29 is 26.0 Å². The van der Waals surface area contributed by atoms with E-state index in [1.54, 1.807) is 0 Å². The lowest BCUT2D eigenvalue weighted by molar-refractivity contribution is 0.0921. The molecule has 2 aromatic rings. The van der Waals surface area contributed by atoms with E-state index in [0.29, 0.717) is 19.4 Å². The van der Waals surface area contributed by atoms with Gasteiger partial charge in [-0.15, -0.1) is 0 Å². The number of nitrogens with zero attached hydrogens (tertiary/aromatic N) is 1. The van der Waals surface area contributed by atoms with E-state index in [2.05, 4.69) is 10.0 Å². The smallest absolute Gasteiger partial charge is 0.261 e. The molecule has 30 heavy (non-hydrogen) atoms. The molecular weight excluding hydrogens is 433 g/mol. The number of nitrogens with one attached hydrogen (secondary N) is 2. The highest BCUT2D eigenvalue weighted by Gasteiger charge is 2.27. The molecule has 2 N–H and O–H groups in total. The molecule has 0 radical (unpaired) electrons. The molecule has 2 aromatic carbocycles. The van der Waals surface area contributed by atoms with Gasteiger partial charge < -0.3 is 5.32 Å². The van der Waals surface area contributed by atoms with Crippen molar-refractivity contribution in [2.24, 2.45) is 0 Å². The largest absolute Gasteiger partial charge is 0.348 e. The Bertz CT molecular complexity index is 1120. The molecule has 1 aliphatic rings. The molecule has 1 aliphatic heterocycles. The second-order valence-electron chi connectivity index (χ2n) is 7.07. The molecule has 11 heteroatoms. The molecule has 0 aliphatic carbocycles. The summed E-state index contributed by atoms with van der Waals surface area (Å²) in [4.78, 5) is 12.4. The average molecular weight is 456 g/mol. The number of sulfonamides is 2. The fourth-order valence-electron chi connectivity index (χ4n) is 3.15. The number of halogens is 1. The number of piperidine rings is 1. The highest BCUT2D eigenvalue weighted by molar-refractivity contribution is 7.92. The highest BCUT2D eigenvalue weighted by Crippen LogP contribution is 2.18. The van der Waals surface area contributed by atoms with Gasteiger partial charge in [-0.3, -0.25) is 9.52 Å². The van der Waals surface area contributed by atoms with Crippen molar-refractivity contribution in [3.63, 3.8) is 0 Å². The zero-order chi connectivity index (χ0) is 21.9.